The highest BCUT2D eigenvalue weighted by Crippen LogP contribution is 2.31. The number of piperazine rings is 1. The Hall–Kier alpha value is -1.60. The third-order valence-electron chi connectivity index (χ3n) is 5.26. The van der Waals surface area contributed by atoms with Gasteiger partial charge in [0.15, 0.2) is 0 Å². The summed E-state index contributed by atoms with van der Waals surface area (Å²) in [5.74, 6) is 0.712. The highest BCUT2D eigenvalue weighted by molar-refractivity contribution is 7.89. The summed E-state index contributed by atoms with van der Waals surface area (Å²) >= 11 is 0. The summed E-state index contributed by atoms with van der Waals surface area (Å²) in [6.07, 6.45) is 3.82. The molecule has 0 bridgehead atoms. The van der Waals surface area contributed by atoms with Gasteiger partial charge < -0.3 is 9.64 Å². The van der Waals surface area contributed by atoms with E-state index in [0.29, 0.717) is 31.9 Å². The summed E-state index contributed by atoms with van der Waals surface area (Å²) in [4.78, 5) is 14.4. The third kappa shape index (κ3) is 3.53. The molecule has 6 nitrogen and oxygen atoms in total. The molecule has 0 atom stereocenters. The van der Waals surface area contributed by atoms with E-state index >= 15 is 0 Å². The molecule has 1 aromatic carbocycles. The average molecular weight is 366 g/mol. The number of methoxy groups -OCH3 is 1. The lowest BCUT2D eigenvalue weighted by Gasteiger charge is -2.37. The lowest BCUT2D eigenvalue weighted by molar-refractivity contribution is -0.139. The predicted molar refractivity (Wildman–Crippen MR) is 95.1 cm³/mol. The van der Waals surface area contributed by atoms with Crippen molar-refractivity contribution in [1.82, 2.24) is 9.21 Å². The third-order valence-corrected chi connectivity index (χ3v) is 7.18. The van der Waals surface area contributed by atoms with E-state index in [2.05, 4.69) is 0 Å². The van der Waals surface area contributed by atoms with Crippen molar-refractivity contribution < 1.29 is 17.9 Å². The molecule has 0 spiro atoms. The highest BCUT2D eigenvalue weighted by Gasteiger charge is 2.35. The van der Waals surface area contributed by atoms with Gasteiger partial charge in [-0.3, -0.25) is 4.79 Å². The second-order valence-electron chi connectivity index (χ2n) is 6.70. The maximum atomic E-state index is 13.1. The van der Waals surface area contributed by atoms with E-state index in [0.717, 1.165) is 31.2 Å². The van der Waals surface area contributed by atoms with Gasteiger partial charge in [-0.15, -0.1) is 0 Å². The zero-order chi connectivity index (χ0) is 18.0. The molecule has 1 heterocycles. The van der Waals surface area contributed by atoms with Gasteiger partial charge in [-0.1, -0.05) is 19.4 Å². The van der Waals surface area contributed by atoms with Crippen molar-refractivity contribution in [3.63, 3.8) is 0 Å². The van der Waals surface area contributed by atoms with E-state index in [1.165, 1.54) is 11.4 Å². The number of hydrogen-bond acceptors (Lipinski definition) is 4. The summed E-state index contributed by atoms with van der Waals surface area (Å²) in [5.41, 5.74) is 0.957. The summed E-state index contributed by atoms with van der Waals surface area (Å²) in [6, 6.07) is 5.29. The van der Waals surface area contributed by atoms with Crippen LogP contribution in [0.25, 0.3) is 0 Å². The van der Waals surface area contributed by atoms with Crippen molar-refractivity contribution in [1.29, 1.82) is 0 Å². The molecular formula is C18H26N2O4S. The molecule has 0 aromatic heterocycles. The van der Waals surface area contributed by atoms with Crippen molar-refractivity contribution in [3.05, 3.63) is 23.8 Å². The Balaban J connectivity index is 1.74. The predicted octanol–water partition coefficient (Wildman–Crippen LogP) is 1.89. The topological polar surface area (TPSA) is 66.9 Å². The molecule has 3 rings (SSSR count). The Kier molecular flexibility index (Phi) is 5.34. The number of amides is 1. The van der Waals surface area contributed by atoms with Gasteiger partial charge >= 0.3 is 0 Å². The van der Waals surface area contributed by atoms with Gasteiger partial charge in [0.05, 0.1) is 7.11 Å². The van der Waals surface area contributed by atoms with Crippen molar-refractivity contribution in [2.45, 2.75) is 37.5 Å². The number of carbonyl (C=O) groups excluding carboxylic acids is 1. The van der Waals surface area contributed by atoms with Gasteiger partial charge in [-0.25, -0.2) is 8.42 Å². The van der Waals surface area contributed by atoms with Gasteiger partial charge in [-0.05, 0) is 37.0 Å². The first kappa shape index (κ1) is 18.2. The number of rotatable bonds is 5. The van der Waals surface area contributed by atoms with Crippen LogP contribution in [0.1, 0.15) is 31.7 Å². The molecule has 0 unspecified atom stereocenters. The fourth-order valence-electron chi connectivity index (χ4n) is 3.34. The minimum Gasteiger partial charge on any atom is -0.495 e. The molecule has 7 heteroatoms. The fraction of sp³-hybridized carbons (Fsp3) is 0.611. The molecule has 1 aliphatic heterocycles. The van der Waals surface area contributed by atoms with Crippen molar-refractivity contribution in [2.24, 2.45) is 5.92 Å². The Morgan fingerprint density at radius 2 is 1.88 bits per heavy atom. The van der Waals surface area contributed by atoms with E-state index in [9.17, 15) is 13.2 Å². The Bertz CT molecular complexity index is 735. The SMILES string of the molecule is CCc1ccc(OC)c(S(=O)(=O)N2CCN(C(=O)C3CCC3)CC2)c1. The first-order valence-electron chi connectivity index (χ1n) is 8.93. The normalized spacial score (nSPS) is 19.5. The van der Waals surface area contributed by atoms with Crippen LogP contribution >= 0.6 is 0 Å². The molecule has 1 aliphatic carbocycles. The number of ether oxygens (including phenoxy) is 1. The van der Waals surface area contributed by atoms with E-state index in [1.54, 1.807) is 12.1 Å². The van der Waals surface area contributed by atoms with Crippen LogP contribution < -0.4 is 4.74 Å². The minimum absolute atomic E-state index is 0.157. The first-order chi connectivity index (χ1) is 12.0. The standard InChI is InChI=1S/C18H26N2O4S/c1-3-14-7-8-16(24-2)17(13-14)25(22,23)20-11-9-19(10-12-20)18(21)15-5-4-6-15/h7-8,13,15H,3-6,9-12H2,1-2H3. The molecule has 138 valence electrons. The van der Waals surface area contributed by atoms with Crippen LogP contribution in [0.5, 0.6) is 5.75 Å². The molecule has 2 fully saturated rings. The van der Waals surface area contributed by atoms with Crippen molar-refractivity contribution >= 4 is 15.9 Å². The van der Waals surface area contributed by atoms with E-state index < -0.39 is 10.0 Å². The van der Waals surface area contributed by atoms with Gasteiger partial charge in [0, 0.05) is 32.1 Å². The number of aryl methyl sites for hydroxylation is 1. The van der Waals surface area contributed by atoms with Crippen LogP contribution in [0, 0.1) is 5.92 Å². The zero-order valence-corrected chi connectivity index (χ0v) is 15.7. The molecule has 1 saturated carbocycles. The van der Waals surface area contributed by atoms with E-state index in [4.69, 9.17) is 4.74 Å². The molecule has 1 saturated heterocycles. The number of benzene rings is 1. The molecule has 0 N–H and O–H groups in total. The van der Waals surface area contributed by atoms with Crippen LogP contribution in [0.2, 0.25) is 0 Å². The summed E-state index contributed by atoms with van der Waals surface area (Å²) in [5, 5.41) is 0. The zero-order valence-electron chi connectivity index (χ0n) is 14.9. The summed E-state index contributed by atoms with van der Waals surface area (Å²) in [7, 11) is -2.15. The van der Waals surface area contributed by atoms with Gasteiger partial charge in [-0.2, -0.15) is 4.31 Å². The summed E-state index contributed by atoms with van der Waals surface area (Å²) in [6.45, 7) is 3.58. The Morgan fingerprint density at radius 1 is 1.20 bits per heavy atom. The van der Waals surface area contributed by atoms with E-state index in [-0.39, 0.29) is 16.7 Å². The second-order valence-corrected chi connectivity index (χ2v) is 8.60. The molecule has 1 amide bonds. The van der Waals surface area contributed by atoms with Crippen LogP contribution in [0.15, 0.2) is 23.1 Å². The fourth-order valence-corrected chi connectivity index (χ4v) is 4.97. The maximum Gasteiger partial charge on any atom is 0.246 e. The van der Waals surface area contributed by atoms with Crippen molar-refractivity contribution in [3.8, 4) is 5.75 Å². The largest absolute Gasteiger partial charge is 0.495 e. The van der Waals surface area contributed by atoms with Gasteiger partial charge in [0.2, 0.25) is 15.9 Å². The Labute approximate surface area is 149 Å². The summed E-state index contributed by atoms with van der Waals surface area (Å²) < 4.78 is 32.8. The molecule has 1 aromatic rings. The smallest absolute Gasteiger partial charge is 0.246 e. The first-order valence-corrected chi connectivity index (χ1v) is 10.4. The second kappa shape index (κ2) is 7.33. The monoisotopic (exact) mass is 366 g/mol. The van der Waals surface area contributed by atoms with Crippen LogP contribution in [-0.4, -0.2) is 56.8 Å². The average Bonchev–Trinajstić information content (AvgIpc) is 2.59. The quantitative estimate of drug-likeness (QED) is 0.798. The number of nitrogens with zero attached hydrogens (tertiary/aromatic N) is 2. The minimum atomic E-state index is -3.63. The molecule has 25 heavy (non-hydrogen) atoms. The van der Waals surface area contributed by atoms with E-state index in [1.807, 2.05) is 17.9 Å². The number of sulfonamides is 1. The Morgan fingerprint density at radius 3 is 2.40 bits per heavy atom. The maximum absolute atomic E-state index is 13.1. The molecule has 0 radical (unpaired) electrons. The lowest BCUT2D eigenvalue weighted by Crippen LogP contribution is -2.52. The van der Waals surface area contributed by atoms with Crippen LogP contribution in [0.3, 0.4) is 0 Å². The van der Waals surface area contributed by atoms with Gasteiger partial charge in [0.25, 0.3) is 0 Å². The molecular weight excluding hydrogens is 340 g/mol. The van der Waals surface area contributed by atoms with Crippen LogP contribution in [-0.2, 0) is 21.2 Å². The molecule has 2 aliphatic rings. The van der Waals surface area contributed by atoms with Crippen molar-refractivity contribution in [2.75, 3.05) is 33.3 Å². The lowest BCUT2D eigenvalue weighted by atomic mass is 9.84. The highest BCUT2D eigenvalue weighted by atomic mass is 32.2. The van der Waals surface area contributed by atoms with Gasteiger partial charge in [0.1, 0.15) is 10.6 Å². The van der Waals surface area contributed by atoms with Crippen LogP contribution in [0.4, 0.5) is 0 Å². The number of hydrogen-bond donors (Lipinski definition) is 0. The number of carbonyl (C=O) groups is 1.